The Labute approximate surface area is 193 Å². The molecule has 0 aliphatic rings. The Morgan fingerprint density at radius 1 is 0.969 bits per heavy atom. The molecular formula is C24H24ClFN2O3S. The summed E-state index contributed by atoms with van der Waals surface area (Å²) in [5.74, 6) is -0.874. The number of hydrogen-bond donors (Lipinski definition) is 0. The molecule has 0 aliphatic heterocycles. The van der Waals surface area contributed by atoms with Crippen molar-refractivity contribution in [3.05, 3.63) is 100 Å². The number of hydrogen-bond acceptors (Lipinski definition) is 3. The maximum absolute atomic E-state index is 14.0. The van der Waals surface area contributed by atoms with Crippen LogP contribution in [-0.2, 0) is 27.9 Å². The van der Waals surface area contributed by atoms with Gasteiger partial charge in [0, 0.05) is 30.7 Å². The Balaban J connectivity index is 1.87. The smallest absolute Gasteiger partial charge is 0.243 e. The highest BCUT2D eigenvalue weighted by Crippen LogP contribution is 2.21. The summed E-state index contributed by atoms with van der Waals surface area (Å²) in [4.78, 5) is 14.3. The second-order valence-corrected chi connectivity index (χ2v) is 9.93. The van der Waals surface area contributed by atoms with Gasteiger partial charge in [0.25, 0.3) is 0 Å². The molecule has 32 heavy (non-hydrogen) atoms. The monoisotopic (exact) mass is 474 g/mol. The predicted octanol–water partition coefficient (Wildman–Crippen LogP) is 4.64. The van der Waals surface area contributed by atoms with Gasteiger partial charge in [0.1, 0.15) is 5.82 Å². The molecule has 0 atom stereocenters. The zero-order valence-corrected chi connectivity index (χ0v) is 19.4. The van der Waals surface area contributed by atoms with Crippen molar-refractivity contribution in [2.75, 3.05) is 13.6 Å². The van der Waals surface area contributed by atoms with E-state index in [2.05, 4.69) is 0 Å². The van der Waals surface area contributed by atoms with E-state index in [1.54, 1.807) is 54.6 Å². The van der Waals surface area contributed by atoms with Crippen molar-refractivity contribution in [1.82, 2.24) is 9.21 Å². The summed E-state index contributed by atoms with van der Waals surface area (Å²) in [6.07, 6.45) is 0. The standard InChI is InChI=1S/C24H24ClFN2O3S/c1-18-10-12-22(13-11-18)32(30,31)28(15-19-6-5-8-21(25)14-19)17-24(29)27(2)16-20-7-3-4-9-23(20)26/h3-14H,15-17H2,1-2H3. The lowest BCUT2D eigenvalue weighted by atomic mass is 10.2. The zero-order valence-electron chi connectivity index (χ0n) is 17.8. The Morgan fingerprint density at radius 2 is 1.66 bits per heavy atom. The first-order valence-corrected chi connectivity index (χ1v) is 11.8. The van der Waals surface area contributed by atoms with Gasteiger partial charge in [-0.1, -0.05) is 59.6 Å². The van der Waals surface area contributed by atoms with Crippen LogP contribution in [0.25, 0.3) is 0 Å². The van der Waals surface area contributed by atoms with Gasteiger partial charge in [-0.2, -0.15) is 4.31 Å². The number of amides is 1. The second kappa shape index (κ2) is 10.3. The molecule has 5 nitrogen and oxygen atoms in total. The van der Waals surface area contributed by atoms with Gasteiger partial charge < -0.3 is 4.90 Å². The summed E-state index contributed by atoms with van der Waals surface area (Å²) in [5.41, 5.74) is 1.93. The number of halogens is 2. The number of nitrogens with zero attached hydrogens (tertiary/aromatic N) is 2. The van der Waals surface area contributed by atoms with Gasteiger partial charge in [0.05, 0.1) is 11.4 Å². The minimum Gasteiger partial charge on any atom is -0.340 e. The van der Waals surface area contributed by atoms with Crippen molar-refractivity contribution in [2.45, 2.75) is 24.9 Å². The summed E-state index contributed by atoms with van der Waals surface area (Å²) in [5, 5.41) is 0.471. The molecule has 3 aromatic rings. The molecule has 0 aliphatic carbocycles. The maximum Gasteiger partial charge on any atom is 0.243 e. The van der Waals surface area contributed by atoms with Crippen LogP contribution in [0.1, 0.15) is 16.7 Å². The van der Waals surface area contributed by atoms with Crippen LogP contribution >= 0.6 is 11.6 Å². The van der Waals surface area contributed by atoms with Gasteiger partial charge in [0.15, 0.2) is 0 Å². The SMILES string of the molecule is Cc1ccc(S(=O)(=O)N(CC(=O)N(C)Cc2ccccc2F)Cc2cccc(Cl)c2)cc1. The number of sulfonamides is 1. The van der Waals surface area contributed by atoms with Crippen molar-refractivity contribution < 1.29 is 17.6 Å². The van der Waals surface area contributed by atoms with Crippen molar-refractivity contribution in [3.8, 4) is 0 Å². The number of carbonyl (C=O) groups is 1. The van der Waals surface area contributed by atoms with Crippen molar-refractivity contribution in [2.24, 2.45) is 0 Å². The van der Waals surface area contributed by atoms with E-state index >= 15 is 0 Å². The average molecular weight is 475 g/mol. The quantitative estimate of drug-likeness (QED) is 0.478. The van der Waals surface area contributed by atoms with E-state index in [0.29, 0.717) is 16.1 Å². The summed E-state index contributed by atoms with van der Waals surface area (Å²) < 4.78 is 41.8. The van der Waals surface area contributed by atoms with Crippen LogP contribution in [0.2, 0.25) is 5.02 Å². The Morgan fingerprint density at radius 3 is 2.31 bits per heavy atom. The topological polar surface area (TPSA) is 57.7 Å². The van der Waals surface area contributed by atoms with Crippen LogP contribution in [0.4, 0.5) is 4.39 Å². The molecule has 0 bridgehead atoms. The average Bonchev–Trinajstić information content (AvgIpc) is 2.75. The predicted molar refractivity (Wildman–Crippen MR) is 123 cm³/mol. The fraction of sp³-hybridized carbons (Fsp3) is 0.208. The highest BCUT2D eigenvalue weighted by atomic mass is 35.5. The molecule has 0 radical (unpaired) electrons. The van der Waals surface area contributed by atoms with Crippen molar-refractivity contribution in [3.63, 3.8) is 0 Å². The minimum absolute atomic E-state index is 0.0289. The van der Waals surface area contributed by atoms with Crippen LogP contribution in [0.15, 0.2) is 77.7 Å². The summed E-state index contributed by atoms with van der Waals surface area (Å²) in [6.45, 7) is 1.46. The molecule has 0 N–H and O–H groups in total. The van der Waals surface area contributed by atoms with Gasteiger partial charge in [0.2, 0.25) is 15.9 Å². The van der Waals surface area contributed by atoms with Gasteiger partial charge in [-0.25, -0.2) is 12.8 Å². The van der Waals surface area contributed by atoms with Gasteiger partial charge >= 0.3 is 0 Å². The number of benzene rings is 3. The van der Waals surface area contributed by atoms with Gasteiger partial charge in [-0.05, 0) is 42.8 Å². The van der Waals surface area contributed by atoms with E-state index in [-0.39, 0.29) is 18.0 Å². The van der Waals surface area contributed by atoms with E-state index in [0.717, 1.165) is 9.87 Å². The molecule has 0 aromatic heterocycles. The fourth-order valence-electron chi connectivity index (χ4n) is 3.17. The molecule has 0 saturated carbocycles. The van der Waals surface area contributed by atoms with Crippen LogP contribution in [0, 0.1) is 12.7 Å². The molecule has 1 amide bonds. The highest BCUT2D eigenvalue weighted by molar-refractivity contribution is 7.89. The third kappa shape index (κ3) is 5.94. The van der Waals surface area contributed by atoms with Crippen molar-refractivity contribution in [1.29, 1.82) is 0 Å². The van der Waals surface area contributed by atoms with Gasteiger partial charge in [-0.3, -0.25) is 4.79 Å². The largest absolute Gasteiger partial charge is 0.340 e. The molecule has 0 saturated heterocycles. The van der Waals surface area contributed by atoms with E-state index in [9.17, 15) is 17.6 Å². The van der Waals surface area contributed by atoms with Crippen LogP contribution in [0.3, 0.4) is 0 Å². The Bertz CT molecular complexity index is 1200. The molecule has 3 aromatic carbocycles. The normalized spacial score (nSPS) is 11.5. The third-order valence-electron chi connectivity index (χ3n) is 5.01. The first-order valence-electron chi connectivity index (χ1n) is 9.95. The fourth-order valence-corrected chi connectivity index (χ4v) is 4.76. The van der Waals surface area contributed by atoms with Crippen LogP contribution < -0.4 is 0 Å². The molecule has 0 spiro atoms. The lowest BCUT2D eigenvalue weighted by Crippen LogP contribution is -2.41. The summed E-state index contributed by atoms with van der Waals surface area (Å²) >= 11 is 6.06. The van der Waals surface area contributed by atoms with Crippen LogP contribution in [0.5, 0.6) is 0 Å². The molecule has 3 rings (SSSR count). The Kier molecular flexibility index (Phi) is 7.66. The number of likely N-dealkylation sites (N-methyl/N-ethyl adjacent to an activating group) is 1. The van der Waals surface area contributed by atoms with E-state index < -0.39 is 28.3 Å². The summed E-state index contributed by atoms with van der Waals surface area (Å²) in [6, 6.07) is 19.4. The number of rotatable bonds is 8. The molecule has 0 unspecified atom stereocenters. The first-order chi connectivity index (χ1) is 15.2. The Hall–Kier alpha value is -2.74. The van der Waals surface area contributed by atoms with E-state index in [1.165, 1.54) is 30.1 Å². The second-order valence-electron chi connectivity index (χ2n) is 7.56. The zero-order chi connectivity index (χ0) is 23.3. The van der Waals surface area contributed by atoms with E-state index in [4.69, 9.17) is 11.6 Å². The highest BCUT2D eigenvalue weighted by Gasteiger charge is 2.28. The molecule has 0 heterocycles. The van der Waals surface area contributed by atoms with Crippen molar-refractivity contribution >= 4 is 27.5 Å². The lowest BCUT2D eigenvalue weighted by molar-refractivity contribution is -0.130. The molecule has 8 heteroatoms. The number of aryl methyl sites for hydroxylation is 1. The molecule has 168 valence electrons. The third-order valence-corrected chi connectivity index (χ3v) is 7.05. The van der Waals surface area contributed by atoms with E-state index in [1.807, 2.05) is 6.92 Å². The number of carbonyl (C=O) groups excluding carboxylic acids is 1. The first kappa shape index (κ1) is 23.9. The molecule has 0 fully saturated rings. The summed E-state index contributed by atoms with van der Waals surface area (Å²) in [7, 11) is -2.45. The molecular weight excluding hydrogens is 451 g/mol. The maximum atomic E-state index is 14.0. The lowest BCUT2D eigenvalue weighted by Gasteiger charge is -2.25. The van der Waals surface area contributed by atoms with Gasteiger partial charge in [-0.15, -0.1) is 0 Å². The minimum atomic E-state index is -3.97. The van der Waals surface area contributed by atoms with Crippen LogP contribution in [-0.4, -0.2) is 37.1 Å².